The number of benzene rings is 2. The molecule has 1 fully saturated rings. The van der Waals surface area contributed by atoms with E-state index in [0.29, 0.717) is 37.7 Å². The van der Waals surface area contributed by atoms with Gasteiger partial charge in [-0.15, -0.1) is 0 Å². The van der Waals surface area contributed by atoms with Gasteiger partial charge in [-0.2, -0.15) is 4.31 Å². The highest BCUT2D eigenvalue weighted by atomic mass is 32.2. The Hall–Kier alpha value is -2.68. The third-order valence-corrected chi connectivity index (χ3v) is 6.68. The molecule has 1 aliphatic heterocycles. The third-order valence-electron chi connectivity index (χ3n) is 4.78. The minimum Gasteiger partial charge on any atom is -0.489 e. The topological polar surface area (TPSA) is 84.9 Å². The number of rotatable bonds is 7. The first-order valence-electron chi connectivity index (χ1n) is 10.2. The predicted octanol–water partition coefficient (Wildman–Crippen LogP) is 3.46. The lowest BCUT2D eigenvalue weighted by Gasteiger charge is -2.26. The van der Waals surface area contributed by atoms with Gasteiger partial charge in [-0.05, 0) is 56.2 Å². The van der Waals surface area contributed by atoms with Gasteiger partial charge in [0.15, 0.2) is 0 Å². The molecule has 166 valence electrons. The second-order valence-corrected chi connectivity index (χ2v) is 9.46. The molecule has 1 heterocycles. The van der Waals surface area contributed by atoms with Gasteiger partial charge in [-0.1, -0.05) is 24.3 Å². The van der Waals surface area contributed by atoms with Crippen molar-refractivity contribution < 1.29 is 22.7 Å². The number of hydrogen-bond donors (Lipinski definition) is 1. The number of sulfonamides is 1. The van der Waals surface area contributed by atoms with Crippen molar-refractivity contribution in [1.29, 1.82) is 0 Å². The average molecular weight is 445 g/mol. The number of aryl methyl sites for hydroxylation is 1. The van der Waals surface area contributed by atoms with Gasteiger partial charge in [0, 0.05) is 19.2 Å². The van der Waals surface area contributed by atoms with Crippen LogP contribution >= 0.6 is 0 Å². The minimum atomic E-state index is -3.70. The normalized spacial score (nSPS) is 15.4. The fourth-order valence-corrected chi connectivity index (χ4v) is 4.61. The molecule has 1 N–H and O–H groups in total. The zero-order valence-corrected chi connectivity index (χ0v) is 18.8. The molecule has 0 aliphatic carbocycles. The van der Waals surface area contributed by atoms with Crippen LogP contribution in [0.3, 0.4) is 0 Å². The number of nitrogens with zero attached hydrogens (tertiary/aromatic N) is 1. The fraction of sp³-hybridized carbons (Fsp3) is 0.348. The number of carbonyl (C=O) groups excluding carboxylic acids is 1. The van der Waals surface area contributed by atoms with Gasteiger partial charge in [0.1, 0.15) is 5.75 Å². The van der Waals surface area contributed by atoms with Crippen molar-refractivity contribution in [3.05, 3.63) is 59.7 Å². The van der Waals surface area contributed by atoms with Gasteiger partial charge >= 0.3 is 0 Å². The van der Waals surface area contributed by atoms with Crippen LogP contribution in [0.1, 0.15) is 25.0 Å². The Labute approximate surface area is 183 Å². The summed E-state index contributed by atoms with van der Waals surface area (Å²) in [5, 5.41) is 2.76. The molecule has 2 aromatic rings. The second-order valence-electron chi connectivity index (χ2n) is 7.52. The first kappa shape index (κ1) is 23.0. The Bertz CT molecular complexity index is 1060. The highest BCUT2D eigenvalue weighted by Gasteiger charge is 2.27. The molecule has 0 spiro atoms. The maximum atomic E-state index is 13.0. The van der Waals surface area contributed by atoms with E-state index in [2.05, 4.69) is 5.32 Å². The summed E-state index contributed by atoms with van der Waals surface area (Å²) in [6, 6.07) is 12.2. The van der Waals surface area contributed by atoms with Crippen LogP contribution in [0.5, 0.6) is 5.75 Å². The highest BCUT2D eigenvalue weighted by Crippen LogP contribution is 2.30. The summed E-state index contributed by atoms with van der Waals surface area (Å²) in [6.07, 6.45) is 3.01. The Balaban J connectivity index is 1.86. The molecule has 3 rings (SSSR count). The summed E-state index contributed by atoms with van der Waals surface area (Å²) >= 11 is 0. The van der Waals surface area contributed by atoms with Gasteiger partial charge in [0.25, 0.3) is 0 Å². The monoisotopic (exact) mass is 444 g/mol. The maximum absolute atomic E-state index is 13.0. The molecule has 31 heavy (non-hydrogen) atoms. The summed E-state index contributed by atoms with van der Waals surface area (Å²) in [6.45, 7) is 7.01. The standard InChI is InChI=1S/C23H28N2O5S/c1-17(2)30-22-10-9-20(31(27,28)25-12-14-29-15-13-25)16-21(22)24-23(26)11-8-19-7-5-4-6-18(19)3/h4-11,16-17H,12-15H2,1-3H3,(H,24,26)/b11-8+. The van der Waals surface area contributed by atoms with Crippen molar-refractivity contribution in [3.63, 3.8) is 0 Å². The smallest absolute Gasteiger partial charge is 0.248 e. The number of hydrogen-bond acceptors (Lipinski definition) is 5. The summed E-state index contributed by atoms with van der Waals surface area (Å²) < 4.78 is 38.4. The molecule has 7 nitrogen and oxygen atoms in total. The van der Waals surface area contributed by atoms with Crippen molar-refractivity contribution in [2.75, 3.05) is 31.6 Å². The number of anilines is 1. The van der Waals surface area contributed by atoms with Crippen LogP contribution in [-0.2, 0) is 19.6 Å². The zero-order valence-electron chi connectivity index (χ0n) is 18.0. The summed E-state index contributed by atoms with van der Waals surface area (Å²) in [7, 11) is -3.70. The number of amides is 1. The van der Waals surface area contributed by atoms with E-state index >= 15 is 0 Å². The quantitative estimate of drug-likeness (QED) is 0.661. The van der Waals surface area contributed by atoms with Crippen LogP contribution < -0.4 is 10.1 Å². The second kappa shape index (κ2) is 10.1. The Morgan fingerprint density at radius 2 is 1.87 bits per heavy atom. The average Bonchev–Trinajstić information content (AvgIpc) is 2.74. The molecule has 0 aromatic heterocycles. The summed E-state index contributed by atoms with van der Waals surface area (Å²) in [4.78, 5) is 12.7. The van der Waals surface area contributed by atoms with Gasteiger partial charge < -0.3 is 14.8 Å². The van der Waals surface area contributed by atoms with Crippen LogP contribution in [0.2, 0.25) is 0 Å². The first-order valence-corrected chi connectivity index (χ1v) is 11.6. The van der Waals surface area contributed by atoms with Gasteiger partial charge in [-0.3, -0.25) is 4.79 Å². The van der Waals surface area contributed by atoms with Crippen LogP contribution in [-0.4, -0.2) is 51.0 Å². The van der Waals surface area contributed by atoms with E-state index in [9.17, 15) is 13.2 Å². The summed E-state index contributed by atoms with van der Waals surface area (Å²) in [5.74, 6) is 0.0337. The lowest BCUT2D eigenvalue weighted by atomic mass is 10.1. The van der Waals surface area contributed by atoms with Crippen LogP contribution in [0, 0.1) is 6.92 Å². The SMILES string of the molecule is Cc1ccccc1/C=C/C(=O)Nc1cc(S(=O)(=O)N2CCOCC2)ccc1OC(C)C. The van der Waals surface area contributed by atoms with E-state index < -0.39 is 10.0 Å². The summed E-state index contributed by atoms with van der Waals surface area (Å²) in [5.41, 5.74) is 2.29. The van der Waals surface area contributed by atoms with Gasteiger partial charge in [-0.25, -0.2) is 8.42 Å². The molecule has 1 saturated heterocycles. The van der Waals surface area contributed by atoms with Crippen LogP contribution in [0.25, 0.3) is 6.08 Å². The molecule has 1 aliphatic rings. The molecule has 0 unspecified atom stereocenters. The zero-order chi connectivity index (χ0) is 22.4. The molecule has 0 bridgehead atoms. The molecule has 0 saturated carbocycles. The van der Waals surface area contributed by atoms with E-state index in [1.807, 2.05) is 45.0 Å². The molecule has 0 atom stereocenters. The van der Waals surface area contributed by atoms with E-state index in [0.717, 1.165) is 11.1 Å². The van der Waals surface area contributed by atoms with Crippen molar-refractivity contribution in [1.82, 2.24) is 4.31 Å². The number of ether oxygens (including phenoxy) is 2. The van der Waals surface area contributed by atoms with Crippen molar-refractivity contribution in [2.24, 2.45) is 0 Å². The van der Waals surface area contributed by atoms with Gasteiger partial charge in [0.05, 0.1) is 29.9 Å². The fourth-order valence-electron chi connectivity index (χ4n) is 3.17. The number of nitrogens with one attached hydrogen (secondary N) is 1. The first-order chi connectivity index (χ1) is 14.8. The molecule has 2 aromatic carbocycles. The minimum absolute atomic E-state index is 0.101. The van der Waals surface area contributed by atoms with E-state index in [4.69, 9.17) is 9.47 Å². The van der Waals surface area contributed by atoms with Crippen LogP contribution in [0.15, 0.2) is 53.4 Å². The van der Waals surface area contributed by atoms with Crippen molar-refractivity contribution in [2.45, 2.75) is 31.8 Å². The largest absolute Gasteiger partial charge is 0.489 e. The Morgan fingerprint density at radius 3 is 2.55 bits per heavy atom. The number of morpholine rings is 1. The highest BCUT2D eigenvalue weighted by molar-refractivity contribution is 7.89. The van der Waals surface area contributed by atoms with E-state index in [1.54, 1.807) is 12.1 Å². The molecule has 0 radical (unpaired) electrons. The molecular weight excluding hydrogens is 416 g/mol. The predicted molar refractivity (Wildman–Crippen MR) is 121 cm³/mol. The Morgan fingerprint density at radius 1 is 1.16 bits per heavy atom. The van der Waals surface area contributed by atoms with E-state index in [-0.39, 0.29) is 16.9 Å². The number of carbonyl (C=O) groups is 1. The van der Waals surface area contributed by atoms with Crippen molar-refractivity contribution in [3.8, 4) is 5.75 Å². The maximum Gasteiger partial charge on any atom is 0.248 e. The molecular formula is C23H28N2O5S. The molecule has 1 amide bonds. The molecule has 8 heteroatoms. The van der Waals surface area contributed by atoms with Gasteiger partial charge in [0.2, 0.25) is 15.9 Å². The van der Waals surface area contributed by atoms with Crippen LogP contribution in [0.4, 0.5) is 5.69 Å². The van der Waals surface area contributed by atoms with E-state index in [1.165, 1.54) is 22.5 Å². The lowest BCUT2D eigenvalue weighted by molar-refractivity contribution is -0.111. The Kier molecular flexibility index (Phi) is 7.48. The van der Waals surface area contributed by atoms with Crippen molar-refractivity contribution >= 4 is 27.7 Å². The lowest BCUT2D eigenvalue weighted by Crippen LogP contribution is -2.40. The third kappa shape index (κ3) is 5.94.